The molecule has 2 aromatic rings. The van der Waals surface area contributed by atoms with E-state index in [1.54, 1.807) is 25.4 Å². The van der Waals surface area contributed by atoms with E-state index in [1.165, 1.54) is 0 Å². The predicted molar refractivity (Wildman–Crippen MR) is 108 cm³/mol. The van der Waals surface area contributed by atoms with Crippen LogP contribution >= 0.6 is 0 Å². The molecule has 0 bridgehead atoms. The summed E-state index contributed by atoms with van der Waals surface area (Å²) >= 11 is 0. The molecule has 4 rings (SSSR count). The van der Waals surface area contributed by atoms with Gasteiger partial charge in [0, 0.05) is 23.3 Å². The van der Waals surface area contributed by atoms with E-state index in [1.807, 2.05) is 12.1 Å². The van der Waals surface area contributed by atoms with Crippen LogP contribution in [0, 0.1) is 5.92 Å². The Morgan fingerprint density at radius 1 is 1.45 bits per heavy atom. The second-order valence-corrected chi connectivity index (χ2v) is 7.31. The first-order chi connectivity index (χ1) is 14.1. The van der Waals surface area contributed by atoms with Crippen molar-refractivity contribution in [1.29, 1.82) is 0 Å². The number of fused-ring (bicyclic) bond motifs is 1. The maximum absolute atomic E-state index is 13.0. The Bertz CT molecular complexity index is 985. The first-order valence-electron chi connectivity index (χ1n) is 9.85. The number of hydrogen-bond donors (Lipinski definition) is 1. The second-order valence-electron chi connectivity index (χ2n) is 7.31. The fourth-order valence-corrected chi connectivity index (χ4v) is 3.65. The number of hydrogen-bond acceptors (Lipinski definition) is 7. The Balaban J connectivity index is 1.66. The van der Waals surface area contributed by atoms with Gasteiger partial charge in [0.15, 0.2) is 11.7 Å². The molecule has 2 saturated heterocycles. The fourth-order valence-electron chi connectivity index (χ4n) is 3.65. The number of piperidine rings is 1. The number of aliphatic imine (C=N–C) groups is 1. The number of ketones is 1. The fraction of sp³-hybridized carbons (Fsp3) is 0.429. The van der Waals surface area contributed by atoms with E-state index in [-0.39, 0.29) is 24.3 Å². The van der Waals surface area contributed by atoms with Crippen molar-refractivity contribution in [3.63, 3.8) is 0 Å². The van der Waals surface area contributed by atoms with Gasteiger partial charge >= 0.3 is 5.97 Å². The van der Waals surface area contributed by atoms with Gasteiger partial charge in [0.2, 0.25) is 11.7 Å². The highest BCUT2D eigenvalue weighted by Crippen LogP contribution is 2.28. The van der Waals surface area contributed by atoms with Gasteiger partial charge in [-0.25, -0.2) is 4.98 Å². The minimum atomic E-state index is -1.14. The van der Waals surface area contributed by atoms with E-state index in [9.17, 15) is 9.59 Å². The van der Waals surface area contributed by atoms with Crippen LogP contribution in [0.2, 0.25) is 0 Å². The maximum atomic E-state index is 13.0. The zero-order valence-corrected chi connectivity index (χ0v) is 16.6. The Morgan fingerprint density at radius 2 is 2.24 bits per heavy atom. The van der Waals surface area contributed by atoms with E-state index in [0.717, 1.165) is 36.9 Å². The molecule has 0 amide bonds. The number of nitrogens with zero attached hydrogens (tertiary/aromatic N) is 3. The summed E-state index contributed by atoms with van der Waals surface area (Å²) in [5.41, 5.74) is 1.48. The topological polar surface area (TPSA) is 96.9 Å². The summed E-state index contributed by atoms with van der Waals surface area (Å²) in [6.45, 7) is 3.74. The number of allylic oxidation sites excluding steroid dienone is 1. The van der Waals surface area contributed by atoms with Crippen LogP contribution in [0.3, 0.4) is 0 Å². The van der Waals surface area contributed by atoms with Gasteiger partial charge in [-0.2, -0.15) is 0 Å². The molecule has 0 radical (unpaired) electrons. The number of Topliss-reactive ketones (excluding diaryl/α,β-unsaturated/α-hetero) is 1. The first-order valence-corrected chi connectivity index (χ1v) is 9.85. The Labute approximate surface area is 168 Å². The number of rotatable bonds is 4. The lowest BCUT2D eigenvalue weighted by Crippen LogP contribution is -2.34. The number of nitrogens with one attached hydrogen (secondary N) is 1. The van der Waals surface area contributed by atoms with Crippen molar-refractivity contribution in [2.45, 2.75) is 25.8 Å². The quantitative estimate of drug-likeness (QED) is 0.483. The van der Waals surface area contributed by atoms with E-state index >= 15 is 0 Å². The molecule has 4 heterocycles. The zero-order chi connectivity index (χ0) is 20.4. The van der Waals surface area contributed by atoms with Gasteiger partial charge in [-0.1, -0.05) is 0 Å². The number of carbonyl (C=O) groups is 2. The monoisotopic (exact) mass is 396 g/mol. The van der Waals surface area contributed by atoms with Gasteiger partial charge in [-0.15, -0.1) is 0 Å². The molecule has 0 spiro atoms. The first kappa shape index (κ1) is 19.3. The van der Waals surface area contributed by atoms with Gasteiger partial charge in [-0.05, 0) is 58.1 Å². The van der Waals surface area contributed by atoms with Gasteiger partial charge in [0.05, 0.1) is 12.6 Å². The van der Waals surface area contributed by atoms with E-state index in [4.69, 9.17) is 9.47 Å². The molecule has 2 aliphatic rings. The number of H-pyrrole nitrogens is 1. The van der Waals surface area contributed by atoms with Crippen molar-refractivity contribution in [3.8, 4) is 0 Å². The van der Waals surface area contributed by atoms with Crippen molar-refractivity contribution >= 4 is 34.8 Å². The maximum Gasteiger partial charge on any atom is 0.326 e. The van der Waals surface area contributed by atoms with Crippen LogP contribution in [-0.2, 0) is 19.1 Å². The van der Waals surface area contributed by atoms with Crippen LogP contribution in [0.15, 0.2) is 35.3 Å². The van der Waals surface area contributed by atoms with Crippen molar-refractivity contribution in [3.05, 3.63) is 35.8 Å². The Morgan fingerprint density at radius 3 is 3.00 bits per heavy atom. The lowest BCUT2D eigenvalue weighted by atomic mass is 10.0. The average molecular weight is 396 g/mol. The lowest BCUT2D eigenvalue weighted by molar-refractivity contribution is -0.147. The highest BCUT2D eigenvalue weighted by atomic mass is 16.5. The van der Waals surface area contributed by atoms with Crippen LogP contribution in [0.4, 0.5) is 0 Å². The van der Waals surface area contributed by atoms with Crippen LogP contribution < -0.4 is 0 Å². The zero-order valence-electron chi connectivity index (χ0n) is 16.6. The third kappa shape index (κ3) is 3.93. The van der Waals surface area contributed by atoms with Gasteiger partial charge in [0.25, 0.3) is 0 Å². The summed E-state index contributed by atoms with van der Waals surface area (Å²) in [5.74, 6) is -1.93. The molecule has 2 aliphatic heterocycles. The van der Waals surface area contributed by atoms with E-state index in [2.05, 4.69) is 26.9 Å². The molecular formula is C21H24N4O4. The van der Waals surface area contributed by atoms with Crippen molar-refractivity contribution in [1.82, 2.24) is 14.9 Å². The number of carbonyl (C=O) groups excluding carboxylic acids is 2. The molecule has 2 fully saturated rings. The summed E-state index contributed by atoms with van der Waals surface area (Å²) in [7, 11) is 2.07. The number of pyridine rings is 1. The molecule has 0 aromatic carbocycles. The minimum absolute atomic E-state index is 0.0302. The molecule has 1 unspecified atom stereocenters. The summed E-state index contributed by atoms with van der Waals surface area (Å²) in [6, 6.07) is 3.76. The van der Waals surface area contributed by atoms with Gasteiger partial charge in [-0.3, -0.25) is 14.6 Å². The molecule has 2 aromatic heterocycles. The number of aromatic amines is 1. The summed E-state index contributed by atoms with van der Waals surface area (Å²) in [5, 5.41) is 0.866. The van der Waals surface area contributed by atoms with Crippen molar-refractivity contribution < 1.29 is 19.1 Å². The smallest absolute Gasteiger partial charge is 0.326 e. The second kappa shape index (κ2) is 8.16. The molecule has 1 N–H and O–H groups in total. The van der Waals surface area contributed by atoms with Crippen LogP contribution in [-0.4, -0.2) is 65.3 Å². The van der Waals surface area contributed by atoms with Crippen LogP contribution in [0.25, 0.3) is 17.1 Å². The van der Waals surface area contributed by atoms with Gasteiger partial charge in [0.1, 0.15) is 5.65 Å². The average Bonchev–Trinajstić information content (AvgIpc) is 3.25. The van der Waals surface area contributed by atoms with E-state index < -0.39 is 17.7 Å². The molecule has 0 aliphatic carbocycles. The largest absolute Gasteiger partial charge is 0.465 e. The number of likely N-dealkylation sites (tertiary alicyclic amines) is 1. The summed E-state index contributed by atoms with van der Waals surface area (Å²) < 4.78 is 10.9. The predicted octanol–water partition coefficient (Wildman–Crippen LogP) is 2.18. The molecule has 1 atom stereocenters. The van der Waals surface area contributed by atoms with Crippen molar-refractivity contribution in [2.75, 3.05) is 26.7 Å². The third-order valence-electron chi connectivity index (χ3n) is 5.26. The molecule has 8 heteroatoms. The molecule has 29 heavy (non-hydrogen) atoms. The highest BCUT2D eigenvalue weighted by Gasteiger charge is 2.45. The number of ether oxygens (including phenoxy) is 2. The van der Waals surface area contributed by atoms with Gasteiger partial charge < -0.3 is 19.4 Å². The third-order valence-corrected chi connectivity index (χ3v) is 5.26. The number of aromatic nitrogens is 2. The van der Waals surface area contributed by atoms with E-state index in [0.29, 0.717) is 5.65 Å². The molecular weight excluding hydrogens is 372 g/mol. The summed E-state index contributed by atoms with van der Waals surface area (Å²) in [6.07, 6.45) is 6.80. The van der Waals surface area contributed by atoms with Crippen LogP contribution in [0.5, 0.6) is 0 Å². The highest BCUT2D eigenvalue weighted by molar-refractivity contribution is 6.27. The SMILES string of the molecule is CCOC(=O)C1C(=O)/C(=C/c2c[nH]c3ncccc23)OC1=NC1CCN(C)CC1. The van der Waals surface area contributed by atoms with Crippen LogP contribution in [0.1, 0.15) is 25.3 Å². The molecule has 0 saturated carbocycles. The Kier molecular flexibility index (Phi) is 5.44. The molecule has 8 nitrogen and oxygen atoms in total. The molecule has 152 valence electrons. The van der Waals surface area contributed by atoms with Crippen molar-refractivity contribution in [2.24, 2.45) is 10.9 Å². The Hall–Kier alpha value is -3.00. The number of esters is 1. The lowest BCUT2D eigenvalue weighted by Gasteiger charge is -2.26. The summed E-state index contributed by atoms with van der Waals surface area (Å²) in [4.78, 5) is 39.6. The normalized spacial score (nSPS) is 23.8. The standard InChI is InChI=1S/C21H24N4O4/c1-3-28-21(27)17-18(26)16(11-13-12-23-19-15(13)5-4-8-22-19)29-20(17)24-14-6-9-25(2)10-7-14/h4-5,8,11-12,14,17H,3,6-7,9-10H2,1-2H3,(H,22,23)/b16-11-,24-20?. The minimum Gasteiger partial charge on any atom is -0.465 e.